The highest BCUT2D eigenvalue weighted by Crippen LogP contribution is 2.35. The quantitative estimate of drug-likeness (QED) is 0.419. The van der Waals surface area contributed by atoms with Crippen molar-refractivity contribution in [2.24, 2.45) is 0 Å². The number of hydrogen-bond acceptors (Lipinski definition) is 7. The van der Waals surface area contributed by atoms with Gasteiger partial charge in [-0.1, -0.05) is 0 Å². The topological polar surface area (TPSA) is 82.9 Å². The maximum absolute atomic E-state index is 13.0. The summed E-state index contributed by atoms with van der Waals surface area (Å²) in [5.41, 5.74) is 3.44. The van der Waals surface area contributed by atoms with E-state index in [2.05, 4.69) is 9.88 Å². The van der Waals surface area contributed by atoms with Gasteiger partial charge in [0.25, 0.3) is 0 Å². The maximum atomic E-state index is 13.0. The molecule has 0 aliphatic carbocycles. The van der Waals surface area contributed by atoms with Crippen molar-refractivity contribution >= 4 is 17.6 Å². The van der Waals surface area contributed by atoms with Gasteiger partial charge < -0.3 is 23.7 Å². The number of nitrogens with zero attached hydrogens (tertiary/aromatic N) is 3. The predicted octanol–water partition coefficient (Wildman–Crippen LogP) is 3.86. The first-order valence-electron chi connectivity index (χ1n) is 11.0. The molecule has 8 heteroatoms. The second kappa shape index (κ2) is 8.61. The molecule has 1 fully saturated rings. The van der Waals surface area contributed by atoms with Crippen LogP contribution in [0.5, 0.6) is 11.5 Å². The average molecular weight is 447 g/mol. The van der Waals surface area contributed by atoms with E-state index in [0.29, 0.717) is 28.4 Å². The van der Waals surface area contributed by atoms with Gasteiger partial charge in [-0.15, -0.1) is 0 Å². The molecule has 2 aliphatic heterocycles. The lowest BCUT2D eigenvalue weighted by Crippen LogP contribution is -2.23. The summed E-state index contributed by atoms with van der Waals surface area (Å²) in [7, 11) is 0. The van der Waals surface area contributed by atoms with Gasteiger partial charge in [-0.05, 0) is 57.0 Å². The molecule has 2 aromatic heterocycles. The van der Waals surface area contributed by atoms with Gasteiger partial charge in [-0.3, -0.25) is 4.79 Å². The molecule has 0 atom stereocenters. The van der Waals surface area contributed by atoms with E-state index in [1.165, 1.54) is 0 Å². The van der Waals surface area contributed by atoms with E-state index in [9.17, 15) is 9.59 Å². The van der Waals surface area contributed by atoms with Crippen molar-refractivity contribution in [1.29, 1.82) is 0 Å². The van der Waals surface area contributed by atoms with E-state index in [1.54, 1.807) is 18.3 Å². The molecule has 0 bridgehead atoms. The number of Topliss-reactive ketones (excluding diaryl/α,β-unsaturated/α-hetero) is 1. The minimum Gasteiger partial charge on any atom is -0.454 e. The lowest BCUT2D eigenvalue weighted by Gasteiger charge is -2.18. The zero-order chi connectivity index (χ0) is 22.9. The smallest absolute Gasteiger partial charge is 0.342 e. The summed E-state index contributed by atoms with van der Waals surface area (Å²) in [4.78, 5) is 32.2. The van der Waals surface area contributed by atoms with Crippen LogP contribution in [-0.4, -0.2) is 47.8 Å². The van der Waals surface area contributed by atoms with Crippen molar-refractivity contribution in [3.05, 3.63) is 65.1 Å². The molecule has 0 saturated carbocycles. The van der Waals surface area contributed by atoms with Crippen LogP contribution < -0.4 is 14.4 Å². The number of ether oxygens (including phenoxy) is 3. The molecule has 1 aromatic carbocycles. The fourth-order valence-corrected chi connectivity index (χ4v) is 4.49. The van der Waals surface area contributed by atoms with Gasteiger partial charge >= 0.3 is 5.97 Å². The van der Waals surface area contributed by atoms with Crippen molar-refractivity contribution in [3.63, 3.8) is 0 Å². The number of aromatic nitrogens is 2. The first kappa shape index (κ1) is 21.1. The molecule has 1 saturated heterocycles. The molecular formula is C25H25N3O5. The Morgan fingerprint density at radius 3 is 2.64 bits per heavy atom. The molecule has 4 heterocycles. The highest BCUT2D eigenvalue weighted by Gasteiger charge is 2.24. The zero-order valence-electron chi connectivity index (χ0n) is 18.7. The molecule has 0 unspecified atom stereocenters. The third-order valence-corrected chi connectivity index (χ3v) is 6.09. The van der Waals surface area contributed by atoms with E-state index in [-0.39, 0.29) is 19.2 Å². The van der Waals surface area contributed by atoms with E-state index < -0.39 is 5.97 Å². The number of aryl methyl sites for hydroxylation is 1. The number of benzene rings is 1. The molecule has 3 aromatic rings. The number of hydrogen-bond donors (Lipinski definition) is 0. The second-order valence-electron chi connectivity index (χ2n) is 8.23. The molecule has 2 aliphatic rings. The summed E-state index contributed by atoms with van der Waals surface area (Å²) in [6.07, 6.45) is 3.81. The first-order chi connectivity index (χ1) is 16.0. The van der Waals surface area contributed by atoms with Crippen molar-refractivity contribution in [1.82, 2.24) is 9.55 Å². The fraction of sp³-hybridized carbons (Fsp3) is 0.320. The molecule has 0 spiro atoms. The molecule has 0 radical (unpaired) electrons. The van der Waals surface area contributed by atoms with E-state index in [4.69, 9.17) is 14.2 Å². The van der Waals surface area contributed by atoms with Gasteiger partial charge in [0.2, 0.25) is 12.6 Å². The number of anilines is 1. The normalized spacial score (nSPS) is 14.5. The van der Waals surface area contributed by atoms with Gasteiger partial charge in [-0.2, -0.15) is 0 Å². The Balaban J connectivity index is 1.32. The number of esters is 1. The highest BCUT2D eigenvalue weighted by atomic mass is 16.7. The number of pyridine rings is 1. The van der Waals surface area contributed by atoms with Crippen LogP contribution >= 0.6 is 0 Å². The maximum Gasteiger partial charge on any atom is 0.342 e. The van der Waals surface area contributed by atoms with Gasteiger partial charge in [-0.25, -0.2) is 9.78 Å². The molecule has 0 amide bonds. The largest absolute Gasteiger partial charge is 0.454 e. The van der Waals surface area contributed by atoms with Crippen LogP contribution in [0.2, 0.25) is 0 Å². The van der Waals surface area contributed by atoms with Gasteiger partial charge in [0, 0.05) is 48.0 Å². The molecule has 0 N–H and O–H groups in total. The fourth-order valence-electron chi connectivity index (χ4n) is 4.49. The van der Waals surface area contributed by atoms with Gasteiger partial charge in [0.1, 0.15) is 11.4 Å². The van der Waals surface area contributed by atoms with Crippen LogP contribution in [0.15, 0.2) is 42.6 Å². The van der Waals surface area contributed by atoms with Crippen LogP contribution in [0.25, 0.3) is 5.69 Å². The first-order valence-corrected chi connectivity index (χ1v) is 11.0. The number of fused-ring (bicyclic) bond motifs is 1. The van der Waals surface area contributed by atoms with Crippen molar-refractivity contribution < 1.29 is 23.8 Å². The molecule has 33 heavy (non-hydrogen) atoms. The number of carbonyl (C=O) groups excluding carboxylic acids is 2. The Hall–Kier alpha value is -3.81. The third-order valence-electron chi connectivity index (χ3n) is 6.09. The third kappa shape index (κ3) is 3.92. The Morgan fingerprint density at radius 1 is 1.03 bits per heavy atom. The van der Waals surface area contributed by atoms with Crippen LogP contribution in [0, 0.1) is 13.8 Å². The van der Waals surface area contributed by atoms with Crippen molar-refractivity contribution in [2.75, 3.05) is 31.4 Å². The second-order valence-corrected chi connectivity index (χ2v) is 8.23. The predicted molar refractivity (Wildman–Crippen MR) is 122 cm³/mol. The monoisotopic (exact) mass is 447 g/mol. The van der Waals surface area contributed by atoms with Crippen LogP contribution in [0.1, 0.15) is 44.9 Å². The Labute approximate surface area is 191 Å². The van der Waals surface area contributed by atoms with Crippen molar-refractivity contribution in [2.45, 2.75) is 26.7 Å². The summed E-state index contributed by atoms with van der Waals surface area (Å²) in [6.45, 7) is 5.40. The number of ketones is 1. The van der Waals surface area contributed by atoms with Gasteiger partial charge in [0.15, 0.2) is 18.1 Å². The molecule has 5 rings (SSSR count). The summed E-state index contributed by atoms with van der Waals surface area (Å²) in [5, 5.41) is 0. The summed E-state index contributed by atoms with van der Waals surface area (Å²) >= 11 is 0. The summed E-state index contributed by atoms with van der Waals surface area (Å²) < 4.78 is 18.3. The Bertz CT molecular complexity index is 1230. The minimum absolute atomic E-state index is 0.202. The average Bonchev–Trinajstić information content (AvgIpc) is 3.57. The molecule has 170 valence electrons. The van der Waals surface area contributed by atoms with E-state index in [1.807, 2.05) is 42.7 Å². The lowest BCUT2D eigenvalue weighted by atomic mass is 10.1. The number of rotatable bonds is 6. The van der Waals surface area contributed by atoms with E-state index >= 15 is 0 Å². The van der Waals surface area contributed by atoms with Crippen LogP contribution in [0.3, 0.4) is 0 Å². The zero-order valence-corrected chi connectivity index (χ0v) is 18.7. The minimum atomic E-state index is -0.539. The number of carbonyl (C=O) groups is 2. The van der Waals surface area contributed by atoms with Crippen LogP contribution in [-0.2, 0) is 4.74 Å². The standard InChI is InChI=1S/C25H25N3O5/c1-16-12-20(17(2)28(16)18-7-8-22-23(13-18)33-15-32-22)21(29)14-31-25(30)19-6-5-9-26-24(19)27-10-3-4-11-27/h5-9,12-13H,3-4,10-11,14-15H2,1-2H3. The lowest BCUT2D eigenvalue weighted by molar-refractivity contribution is 0.0475. The van der Waals surface area contributed by atoms with Crippen molar-refractivity contribution in [3.8, 4) is 17.2 Å². The highest BCUT2D eigenvalue weighted by molar-refractivity contribution is 6.01. The summed E-state index contributed by atoms with van der Waals surface area (Å²) in [5.74, 6) is 1.20. The molecular weight excluding hydrogens is 422 g/mol. The SMILES string of the molecule is Cc1cc(C(=O)COC(=O)c2cccnc2N2CCCC2)c(C)n1-c1ccc2c(c1)OCO2. The van der Waals surface area contributed by atoms with Crippen LogP contribution in [0.4, 0.5) is 5.82 Å². The Kier molecular flexibility index (Phi) is 5.50. The molecule has 8 nitrogen and oxygen atoms in total. The summed E-state index contributed by atoms with van der Waals surface area (Å²) in [6, 6.07) is 10.9. The van der Waals surface area contributed by atoms with Gasteiger partial charge in [0.05, 0.1) is 0 Å². The Morgan fingerprint density at radius 2 is 1.82 bits per heavy atom. The van der Waals surface area contributed by atoms with E-state index in [0.717, 1.165) is 43.0 Å².